The fraction of sp³-hybridized carbons (Fsp3) is 0.111. The highest BCUT2D eigenvalue weighted by Crippen LogP contribution is 2.30. The van der Waals surface area contributed by atoms with Crippen LogP contribution in [0.1, 0.15) is 12.5 Å². The number of hydrogen-bond donors (Lipinski definition) is 1. The number of nitriles is 1. The Kier molecular flexibility index (Phi) is 5.56. The number of pyridine rings is 1. The number of ether oxygens (including phenoxy) is 1. The second-order valence-corrected chi connectivity index (χ2v) is 4.90. The van der Waals surface area contributed by atoms with Crippen molar-refractivity contribution in [1.29, 1.82) is 5.26 Å². The zero-order chi connectivity index (χ0) is 16.2. The normalized spacial score (nSPS) is 9.88. The molecule has 0 amide bonds. The van der Waals surface area contributed by atoms with Crippen LogP contribution in [0.25, 0.3) is 10.9 Å². The lowest BCUT2D eigenvalue weighted by Crippen LogP contribution is -1.97. The van der Waals surface area contributed by atoms with Crippen LogP contribution in [-0.2, 0) is 0 Å². The Morgan fingerprint density at radius 1 is 1.21 bits per heavy atom. The number of nitrogens with one attached hydrogen (secondary N) is 1. The summed E-state index contributed by atoms with van der Waals surface area (Å²) in [6, 6.07) is 13.8. The molecule has 1 heterocycles. The van der Waals surface area contributed by atoms with Crippen molar-refractivity contribution < 1.29 is 9.13 Å². The molecule has 0 saturated heterocycles. The SMILES string of the molecule is CCOc1ccc(Nc2c(C#N)cnc3ccc(F)cc23)cc1.Cl. The Balaban J connectivity index is 0.00000208. The van der Waals surface area contributed by atoms with E-state index in [0.717, 1.165) is 11.4 Å². The van der Waals surface area contributed by atoms with Gasteiger partial charge in [-0.25, -0.2) is 4.39 Å². The van der Waals surface area contributed by atoms with Crippen molar-refractivity contribution in [3.63, 3.8) is 0 Å². The molecule has 0 unspecified atom stereocenters. The molecular formula is C18H15ClFN3O. The van der Waals surface area contributed by atoms with E-state index in [0.29, 0.717) is 28.8 Å². The van der Waals surface area contributed by atoms with Gasteiger partial charge < -0.3 is 10.1 Å². The number of rotatable bonds is 4. The van der Waals surface area contributed by atoms with Gasteiger partial charge in [0.2, 0.25) is 0 Å². The molecule has 0 aliphatic carbocycles. The van der Waals surface area contributed by atoms with Gasteiger partial charge in [-0.2, -0.15) is 5.26 Å². The van der Waals surface area contributed by atoms with Gasteiger partial charge in [0, 0.05) is 17.3 Å². The van der Waals surface area contributed by atoms with Crippen LogP contribution in [0.4, 0.5) is 15.8 Å². The van der Waals surface area contributed by atoms with E-state index in [1.165, 1.54) is 18.3 Å². The summed E-state index contributed by atoms with van der Waals surface area (Å²) in [5, 5.41) is 13.0. The molecule has 0 radical (unpaired) electrons. The van der Waals surface area contributed by atoms with Gasteiger partial charge in [0.15, 0.2) is 0 Å². The highest BCUT2D eigenvalue weighted by Gasteiger charge is 2.10. The van der Waals surface area contributed by atoms with Gasteiger partial charge in [-0.05, 0) is 49.4 Å². The first-order valence-corrected chi connectivity index (χ1v) is 7.19. The smallest absolute Gasteiger partial charge is 0.124 e. The van der Waals surface area contributed by atoms with Crippen LogP contribution in [0.2, 0.25) is 0 Å². The molecule has 0 aliphatic heterocycles. The Labute approximate surface area is 145 Å². The molecule has 3 rings (SSSR count). The summed E-state index contributed by atoms with van der Waals surface area (Å²) in [6.45, 7) is 2.52. The van der Waals surface area contributed by atoms with E-state index in [-0.39, 0.29) is 18.2 Å². The fourth-order valence-corrected chi connectivity index (χ4v) is 2.33. The van der Waals surface area contributed by atoms with Crippen LogP contribution in [0.5, 0.6) is 5.75 Å². The topological polar surface area (TPSA) is 57.9 Å². The van der Waals surface area contributed by atoms with Crippen molar-refractivity contribution in [3.05, 3.63) is 60.0 Å². The first-order chi connectivity index (χ1) is 11.2. The predicted octanol–water partition coefficient (Wildman–Crippen LogP) is 4.81. The minimum Gasteiger partial charge on any atom is -0.494 e. The van der Waals surface area contributed by atoms with Crippen LogP contribution >= 0.6 is 12.4 Å². The minimum atomic E-state index is -0.371. The van der Waals surface area contributed by atoms with E-state index < -0.39 is 0 Å². The summed E-state index contributed by atoms with van der Waals surface area (Å²) < 4.78 is 19.0. The summed E-state index contributed by atoms with van der Waals surface area (Å²) in [7, 11) is 0. The highest BCUT2D eigenvalue weighted by molar-refractivity contribution is 5.95. The summed E-state index contributed by atoms with van der Waals surface area (Å²) in [4.78, 5) is 4.18. The van der Waals surface area contributed by atoms with Gasteiger partial charge in [-0.3, -0.25) is 4.98 Å². The maximum atomic E-state index is 13.6. The van der Waals surface area contributed by atoms with Gasteiger partial charge in [-0.15, -0.1) is 12.4 Å². The molecule has 1 N–H and O–H groups in total. The first-order valence-electron chi connectivity index (χ1n) is 7.19. The Morgan fingerprint density at radius 2 is 1.96 bits per heavy atom. The Bertz CT molecular complexity index is 891. The second-order valence-electron chi connectivity index (χ2n) is 4.90. The molecule has 4 nitrogen and oxygen atoms in total. The third-order valence-corrected chi connectivity index (χ3v) is 3.39. The van der Waals surface area contributed by atoms with Crippen molar-refractivity contribution in [1.82, 2.24) is 4.98 Å². The number of anilines is 2. The van der Waals surface area contributed by atoms with E-state index >= 15 is 0 Å². The number of aromatic nitrogens is 1. The zero-order valence-electron chi connectivity index (χ0n) is 12.9. The number of hydrogen-bond acceptors (Lipinski definition) is 4. The van der Waals surface area contributed by atoms with Crippen LogP contribution in [0.15, 0.2) is 48.7 Å². The molecule has 3 aromatic rings. The average Bonchev–Trinajstić information content (AvgIpc) is 2.57. The third kappa shape index (κ3) is 3.55. The van der Waals surface area contributed by atoms with E-state index in [2.05, 4.69) is 16.4 Å². The molecule has 2 aromatic carbocycles. The molecule has 24 heavy (non-hydrogen) atoms. The Morgan fingerprint density at radius 3 is 2.62 bits per heavy atom. The summed E-state index contributed by atoms with van der Waals surface area (Å²) in [6.07, 6.45) is 1.48. The molecule has 0 bridgehead atoms. The van der Waals surface area contributed by atoms with Crippen LogP contribution < -0.4 is 10.1 Å². The molecule has 0 fully saturated rings. The fourth-order valence-electron chi connectivity index (χ4n) is 2.33. The third-order valence-electron chi connectivity index (χ3n) is 3.39. The summed E-state index contributed by atoms with van der Waals surface area (Å²) in [5.74, 6) is 0.397. The van der Waals surface area contributed by atoms with Crippen molar-refractivity contribution in [2.75, 3.05) is 11.9 Å². The van der Waals surface area contributed by atoms with Crippen molar-refractivity contribution in [2.24, 2.45) is 0 Å². The van der Waals surface area contributed by atoms with Crippen LogP contribution in [0.3, 0.4) is 0 Å². The van der Waals surface area contributed by atoms with Crippen LogP contribution in [0, 0.1) is 17.1 Å². The Hall–Kier alpha value is -2.84. The van der Waals surface area contributed by atoms with Crippen LogP contribution in [-0.4, -0.2) is 11.6 Å². The lowest BCUT2D eigenvalue weighted by molar-refractivity contribution is 0.340. The molecule has 122 valence electrons. The van der Waals surface area contributed by atoms with E-state index in [9.17, 15) is 9.65 Å². The number of fused-ring (bicyclic) bond motifs is 1. The molecule has 1 aromatic heterocycles. The number of nitrogens with zero attached hydrogens (tertiary/aromatic N) is 2. The minimum absolute atomic E-state index is 0. The molecule has 0 spiro atoms. The van der Waals surface area contributed by atoms with Crippen molar-refractivity contribution in [3.8, 4) is 11.8 Å². The van der Waals surface area contributed by atoms with Gasteiger partial charge >= 0.3 is 0 Å². The maximum Gasteiger partial charge on any atom is 0.124 e. The first kappa shape index (κ1) is 17.5. The molecule has 6 heteroatoms. The highest BCUT2D eigenvalue weighted by atomic mass is 35.5. The summed E-state index contributed by atoms with van der Waals surface area (Å²) >= 11 is 0. The van der Waals surface area contributed by atoms with Gasteiger partial charge in [0.25, 0.3) is 0 Å². The second kappa shape index (κ2) is 7.62. The predicted molar refractivity (Wildman–Crippen MR) is 94.6 cm³/mol. The average molecular weight is 344 g/mol. The molecule has 0 aliphatic rings. The largest absolute Gasteiger partial charge is 0.494 e. The van der Waals surface area contributed by atoms with Crippen molar-refractivity contribution >= 4 is 34.7 Å². The lowest BCUT2D eigenvalue weighted by Gasteiger charge is -2.12. The zero-order valence-corrected chi connectivity index (χ0v) is 13.7. The number of halogens is 2. The van der Waals surface area contributed by atoms with E-state index in [4.69, 9.17) is 4.74 Å². The molecule has 0 saturated carbocycles. The number of benzene rings is 2. The maximum absolute atomic E-state index is 13.6. The monoisotopic (exact) mass is 343 g/mol. The quantitative estimate of drug-likeness (QED) is 0.738. The lowest BCUT2D eigenvalue weighted by atomic mass is 10.1. The standard InChI is InChI=1S/C18H14FN3O.ClH/c1-2-23-15-6-4-14(5-7-15)22-18-12(10-20)11-21-17-8-3-13(19)9-16(17)18;/h3-9,11H,2H2,1H3,(H,21,22);1H. The van der Waals surface area contributed by atoms with Gasteiger partial charge in [-0.1, -0.05) is 0 Å². The summed E-state index contributed by atoms with van der Waals surface area (Å²) in [5.41, 5.74) is 2.30. The van der Waals surface area contributed by atoms with E-state index in [1.807, 2.05) is 31.2 Å². The molecule has 0 atom stereocenters. The van der Waals surface area contributed by atoms with Gasteiger partial charge in [0.1, 0.15) is 17.6 Å². The van der Waals surface area contributed by atoms with Crippen molar-refractivity contribution in [2.45, 2.75) is 6.92 Å². The molecular weight excluding hydrogens is 329 g/mol. The van der Waals surface area contributed by atoms with Gasteiger partial charge in [0.05, 0.1) is 23.4 Å². The van der Waals surface area contributed by atoms with E-state index in [1.54, 1.807) is 6.07 Å².